The van der Waals surface area contributed by atoms with Gasteiger partial charge >= 0.3 is 0 Å². The van der Waals surface area contributed by atoms with Crippen molar-refractivity contribution in [2.24, 2.45) is 5.73 Å². The summed E-state index contributed by atoms with van der Waals surface area (Å²) in [7, 11) is 0. The highest BCUT2D eigenvalue weighted by Gasteiger charge is 2.26. The first kappa shape index (κ1) is 21.6. The zero-order chi connectivity index (χ0) is 22.0. The van der Waals surface area contributed by atoms with Crippen molar-refractivity contribution in [2.45, 2.75) is 51.2 Å². The average molecular weight is 456 g/mol. The van der Waals surface area contributed by atoms with Crippen molar-refractivity contribution in [3.8, 4) is 11.4 Å². The topological polar surface area (TPSA) is 103 Å². The van der Waals surface area contributed by atoms with Crippen molar-refractivity contribution >= 4 is 39.9 Å². The third-order valence-electron chi connectivity index (χ3n) is 5.19. The van der Waals surface area contributed by atoms with Gasteiger partial charge in [-0.05, 0) is 44.2 Å². The fourth-order valence-corrected chi connectivity index (χ4v) is 5.94. The van der Waals surface area contributed by atoms with E-state index in [1.807, 2.05) is 25.1 Å². The molecule has 31 heavy (non-hydrogen) atoms. The molecular formula is C22H25N5O2S2. The number of nitrogens with two attached hydrogens (primary N) is 1. The quantitative estimate of drug-likeness (QED) is 0.499. The number of rotatable bonds is 8. The van der Waals surface area contributed by atoms with Crippen LogP contribution in [0.5, 0.6) is 0 Å². The van der Waals surface area contributed by atoms with Gasteiger partial charge in [0.25, 0.3) is 5.91 Å². The monoisotopic (exact) mass is 455 g/mol. The highest BCUT2D eigenvalue weighted by molar-refractivity contribution is 7.99. The first-order chi connectivity index (χ1) is 15.0. The summed E-state index contributed by atoms with van der Waals surface area (Å²) in [6.45, 7) is 4.91. The number of aryl methyl sites for hydroxylation is 2. The van der Waals surface area contributed by atoms with Gasteiger partial charge in [0.05, 0.1) is 11.3 Å². The molecule has 0 saturated carbocycles. The SMILES string of the molecule is CCCn1c(SCC(=O)Nc2sc3c(c2C(N)=O)CCC3)nnc1-c1cccc(C)c1. The number of amides is 2. The smallest absolute Gasteiger partial charge is 0.251 e. The Balaban J connectivity index is 1.48. The molecule has 2 amide bonds. The van der Waals surface area contributed by atoms with E-state index in [9.17, 15) is 9.59 Å². The highest BCUT2D eigenvalue weighted by atomic mass is 32.2. The molecule has 0 radical (unpaired) electrons. The standard InChI is InChI=1S/C22H25N5O2S2/c1-3-10-27-20(14-7-4-6-13(2)11-14)25-26-22(27)30-12-17(28)24-21-18(19(23)29)15-8-5-9-16(15)31-21/h4,6-7,11H,3,5,8-10,12H2,1-2H3,(H2,23,29)(H,24,28). The van der Waals surface area contributed by atoms with E-state index in [4.69, 9.17) is 5.73 Å². The van der Waals surface area contributed by atoms with Crippen molar-refractivity contribution in [2.75, 3.05) is 11.1 Å². The summed E-state index contributed by atoms with van der Waals surface area (Å²) in [4.78, 5) is 25.7. The number of thiophene rings is 1. The molecule has 0 aliphatic heterocycles. The number of thioether (sulfide) groups is 1. The summed E-state index contributed by atoms with van der Waals surface area (Å²) < 4.78 is 2.06. The van der Waals surface area contributed by atoms with Crippen LogP contribution in [0.25, 0.3) is 11.4 Å². The second-order valence-corrected chi connectivity index (χ2v) is 9.64. The van der Waals surface area contributed by atoms with Crippen molar-refractivity contribution in [1.82, 2.24) is 14.8 Å². The number of hydrogen-bond donors (Lipinski definition) is 2. The van der Waals surface area contributed by atoms with Gasteiger partial charge in [0.15, 0.2) is 11.0 Å². The summed E-state index contributed by atoms with van der Waals surface area (Å²) in [6.07, 6.45) is 3.74. The minimum atomic E-state index is -0.479. The lowest BCUT2D eigenvalue weighted by atomic mass is 10.1. The molecule has 162 valence electrons. The van der Waals surface area contributed by atoms with E-state index in [2.05, 4.69) is 33.1 Å². The third kappa shape index (κ3) is 4.52. The Morgan fingerprint density at radius 2 is 2.13 bits per heavy atom. The lowest BCUT2D eigenvalue weighted by Gasteiger charge is -2.09. The van der Waals surface area contributed by atoms with Gasteiger partial charge in [-0.25, -0.2) is 0 Å². The summed E-state index contributed by atoms with van der Waals surface area (Å²) in [5.74, 6) is 0.318. The molecule has 2 aromatic heterocycles. The number of fused-ring (bicyclic) bond motifs is 1. The van der Waals surface area contributed by atoms with E-state index < -0.39 is 5.91 Å². The predicted molar refractivity (Wildman–Crippen MR) is 125 cm³/mol. The van der Waals surface area contributed by atoms with Gasteiger partial charge < -0.3 is 15.6 Å². The Morgan fingerprint density at radius 3 is 2.87 bits per heavy atom. The van der Waals surface area contributed by atoms with Crippen molar-refractivity contribution in [3.63, 3.8) is 0 Å². The van der Waals surface area contributed by atoms with Crippen LogP contribution < -0.4 is 11.1 Å². The average Bonchev–Trinajstić information content (AvgIpc) is 3.41. The van der Waals surface area contributed by atoms with Crippen LogP contribution in [0.15, 0.2) is 29.4 Å². The van der Waals surface area contributed by atoms with Gasteiger partial charge in [0.1, 0.15) is 5.00 Å². The van der Waals surface area contributed by atoms with Crippen molar-refractivity contribution in [1.29, 1.82) is 0 Å². The minimum absolute atomic E-state index is 0.177. The second-order valence-electron chi connectivity index (χ2n) is 7.59. The summed E-state index contributed by atoms with van der Waals surface area (Å²) in [5, 5.41) is 12.9. The largest absolute Gasteiger partial charge is 0.365 e. The second kappa shape index (κ2) is 9.23. The fourth-order valence-electron chi connectivity index (χ4n) is 3.86. The Kier molecular flexibility index (Phi) is 6.43. The van der Waals surface area contributed by atoms with E-state index in [0.29, 0.717) is 15.7 Å². The molecule has 0 atom stereocenters. The first-order valence-corrected chi connectivity index (χ1v) is 12.1. The predicted octanol–water partition coefficient (Wildman–Crippen LogP) is 4.04. The van der Waals surface area contributed by atoms with E-state index in [1.54, 1.807) is 0 Å². The van der Waals surface area contributed by atoms with Gasteiger partial charge in [-0.1, -0.05) is 42.4 Å². The number of nitrogens with one attached hydrogen (secondary N) is 1. The summed E-state index contributed by atoms with van der Waals surface area (Å²) in [6, 6.07) is 8.15. The Labute approximate surface area is 189 Å². The Hall–Kier alpha value is -2.65. The van der Waals surface area contributed by atoms with Gasteiger partial charge in [-0.15, -0.1) is 21.5 Å². The molecule has 2 heterocycles. The number of aromatic nitrogens is 3. The Morgan fingerprint density at radius 1 is 1.29 bits per heavy atom. The maximum atomic E-state index is 12.6. The van der Waals surface area contributed by atoms with Crippen LogP contribution in [-0.2, 0) is 24.2 Å². The summed E-state index contributed by atoms with van der Waals surface area (Å²) in [5.41, 5.74) is 9.24. The van der Waals surface area contributed by atoms with E-state index in [0.717, 1.165) is 59.6 Å². The number of hydrogen-bond acceptors (Lipinski definition) is 6. The van der Waals surface area contributed by atoms with Crippen LogP contribution in [0.3, 0.4) is 0 Å². The minimum Gasteiger partial charge on any atom is -0.365 e. The lowest BCUT2D eigenvalue weighted by Crippen LogP contribution is -2.19. The molecule has 1 aliphatic rings. The molecule has 9 heteroatoms. The number of benzene rings is 1. The molecule has 0 bridgehead atoms. The third-order valence-corrected chi connectivity index (χ3v) is 7.37. The van der Waals surface area contributed by atoms with Crippen LogP contribution in [0.4, 0.5) is 5.00 Å². The zero-order valence-corrected chi connectivity index (χ0v) is 19.2. The number of nitrogens with zero attached hydrogens (tertiary/aromatic N) is 3. The van der Waals surface area contributed by atoms with Crippen molar-refractivity contribution in [3.05, 3.63) is 45.8 Å². The highest BCUT2D eigenvalue weighted by Crippen LogP contribution is 2.39. The van der Waals surface area contributed by atoms with Crippen molar-refractivity contribution < 1.29 is 9.59 Å². The van der Waals surface area contributed by atoms with E-state index >= 15 is 0 Å². The van der Waals surface area contributed by atoms with Gasteiger partial charge in [0, 0.05) is 17.0 Å². The lowest BCUT2D eigenvalue weighted by molar-refractivity contribution is -0.113. The maximum absolute atomic E-state index is 12.6. The van der Waals surface area contributed by atoms with Crippen LogP contribution in [0.1, 0.15) is 46.1 Å². The number of carbonyl (C=O) groups is 2. The normalized spacial score (nSPS) is 12.7. The molecule has 7 nitrogen and oxygen atoms in total. The Bertz CT molecular complexity index is 1140. The molecule has 4 rings (SSSR count). The molecular weight excluding hydrogens is 430 g/mol. The zero-order valence-electron chi connectivity index (χ0n) is 17.6. The molecule has 1 aliphatic carbocycles. The fraction of sp³-hybridized carbons (Fsp3) is 0.364. The van der Waals surface area contributed by atoms with Gasteiger partial charge in [-0.3, -0.25) is 9.59 Å². The molecule has 3 aromatic rings. The summed E-state index contributed by atoms with van der Waals surface area (Å²) >= 11 is 2.81. The van der Waals surface area contributed by atoms with Crippen LogP contribution in [0, 0.1) is 6.92 Å². The first-order valence-electron chi connectivity index (χ1n) is 10.3. The molecule has 1 aromatic carbocycles. The van der Waals surface area contributed by atoms with Gasteiger partial charge in [0.2, 0.25) is 5.91 Å². The number of carbonyl (C=O) groups excluding carboxylic acids is 2. The molecule has 3 N–H and O–H groups in total. The molecule has 0 saturated heterocycles. The van der Waals surface area contributed by atoms with Crippen LogP contribution in [0.2, 0.25) is 0 Å². The van der Waals surface area contributed by atoms with Gasteiger partial charge in [-0.2, -0.15) is 0 Å². The van der Waals surface area contributed by atoms with Crippen LogP contribution in [-0.4, -0.2) is 32.3 Å². The van der Waals surface area contributed by atoms with E-state index in [1.165, 1.54) is 23.1 Å². The number of primary amides is 1. The molecule has 0 fully saturated rings. The number of anilines is 1. The van der Waals surface area contributed by atoms with Crippen LogP contribution >= 0.6 is 23.1 Å². The maximum Gasteiger partial charge on any atom is 0.251 e. The molecule has 0 spiro atoms. The van der Waals surface area contributed by atoms with E-state index in [-0.39, 0.29) is 11.7 Å². The molecule has 0 unspecified atom stereocenters.